The first kappa shape index (κ1) is 14.7. The Labute approximate surface area is 116 Å². The fourth-order valence-electron chi connectivity index (χ4n) is 2.31. The number of nitrogens with zero attached hydrogens (tertiary/aromatic N) is 3. The van der Waals surface area contributed by atoms with E-state index in [2.05, 4.69) is 4.84 Å². The number of carboxylic acid groups (broad SMARTS) is 1. The maximum absolute atomic E-state index is 13.0. The number of hydrogen-bond acceptors (Lipinski definition) is 5. The van der Waals surface area contributed by atoms with E-state index in [0.29, 0.717) is 17.9 Å². The lowest BCUT2D eigenvalue weighted by Gasteiger charge is -2.28. The second kappa shape index (κ2) is 5.72. The lowest BCUT2D eigenvalue weighted by atomic mass is 10.1. The third kappa shape index (κ3) is 2.59. The predicted molar refractivity (Wildman–Crippen MR) is 63.0 cm³/mol. The van der Waals surface area contributed by atoms with Crippen molar-refractivity contribution in [3.05, 3.63) is 0 Å². The Hall–Kier alpha value is -1.73. The van der Waals surface area contributed by atoms with E-state index in [4.69, 9.17) is 10.4 Å². The zero-order valence-corrected chi connectivity index (χ0v) is 11.1. The smallest absolute Gasteiger partial charge is 0.368 e. The number of alkyl halides is 1. The zero-order chi connectivity index (χ0) is 14.9. The van der Waals surface area contributed by atoms with Crippen molar-refractivity contribution in [3.8, 4) is 6.07 Å². The lowest BCUT2D eigenvalue weighted by Crippen LogP contribution is -2.43. The van der Waals surface area contributed by atoms with Gasteiger partial charge >= 0.3 is 18.4 Å². The third-order valence-electron chi connectivity index (χ3n) is 3.18. The summed E-state index contributed by atoms with van der Waals surface area (Å²) in [6, 6.07) is 0.598. The van der Waals surface area contributed by atoms with Crippen molar-refractivity contribution in [3.63, 3.8) is 0 Å². The fourth-order valence-corrected chi connectivity index (χ4v) is 3.49. The zero-order valence-electron chi connectivity index (χ0n) is 10.3. The van der Waals surface area contributed by atoms with E-state index in [1.54, 1.807) is 6.07 Å². The van der Waals surface area contributed by atoms with Gasteiger partial charge in [0.2, 0.25) is 0 Å². The molecule has 4 atom stereocenters. The van der Waals surface area contributed by atoms with Crippen molar-refractivity contribution in [2.75, 3.05) is 12.3 Å². The Morgan fingerprint density at radius 1 is 1.65 bits per heavy atom. The van der Waals surface area contributed by atoms with Gasteiger partial charge in [0, 0.05) is 6.54 Å². The van der Waals surface area contributed by atoms with Gasteiger partial charge in [0.25, 0.3) is 0 Å². The van der Waals surface area contributed by atoms with E-state index < -0.39 is 40.6 Å². The molecule has 0 aromatic rings. The number of halogens is 1. The highest BCUT2D eigenvalue weighted by molar-refractivity contribution is 7.85. The summed E-state index contributed by atoms with van der Waals surface area (Å²) in [5, 5.41) is 17.1. The average Bonchev–Trinajstić information content (AvgIpc) is 2.64. The minimum atomic E-state index is -2.62. The summed E-state index contributed by atoms with van der Waals surface area (Å²) in [6.07, 6.45) is -1.81. The summed E-state index contributed by atoms with van der Waals surface area (Å²) < 4.78 is 24.9. The maximum atomic E-state index is 13.0. The van der Waals surface area contributed by atoms with Gasteiger partial charge in [-0.3, -0.25) is 4.21 Å². The minimum Gasteiger partial charge on any atom is -0.477 e. The van der Waals surface area contributed by atoms with Crippen LogP contribution in [0.5, 0.6) is 0 Å². The Kier molecular flexibility index (Phi) is 4.20. The summed E-state index contributed by atoms with van der Waals surface area (Å²) in [5.41, 5.74) is 0. The monoisotopic (exact) mass is 305 g/mol. The maximum Gasteiger partial charge on any atom is 0.368 e. The molecule has 2 bridgehead atoms. The minimum absolute atomic E-state index is 0.188. The van der Waals surface area contributed by atoms with Crippen molar-refractivity contribution in [1.82, 2.24) is 9.96 Å². The quantitative estimate of drug-likeness (QED) is 0.752. The average molecular weight is 305 g/mol. The number of urea groups is 1. The summed E-state index contributed by atoms with van der Waals surface area (Å²) in [4.78, 5) is 28.2. The molecule has 0 aromatic heterocycles. The molecular formula is C10H12FN3O5S. The van der Waals surface area contributed by atoms with Gasteiger partial charge in [0.15, 0.2) is 0 Å². The molecule has 0 aromatic carbocycles. The molecule has 2 rings (SSSR count). The molecule has 110 valence electrons. The Bertz CT molecular complexity index is 496. The van der Waals surface area contributed by atoms with Gasteiger partial charge in [0.05, 0.1) is 22.9 Å². The number of carbonyl (C=O) groups excluding carboxylic acids is 1. The number of carbonyl (C=O) groups is 2. The van der Waals surface area contributed by atoms with Crippen LogP contribution in [0.1, 0.15) is 12.8 Å². The molecular weight excluding hydrogens is 293 g/mol. The second-order valence-electron chi connectivity index (χ2n) is 4.39. The lowest BCUT2D eigenvalue weighted by molar-refractivity contribution is -0.223. The number of hydroxylamine groups is 2. The summed E-state index contributed by atoms with van der Waals surface area (Å²) in [5.74, 6) is -2.01. The van der Waals surface area contributed by atoms with Crippen LogP contribution >= 0.6 is 0 Å². The van der Waals surface area contributed by atoms with Crippen molar-refractivity contribution < 1.29 is 28.1 Å². The number of fused-ring (bicyclic) bond motifs is 2. The van der Waals surface area contributed by atoms with Crippen LogP contribution in [0.4, 0.5) is 9.18 Å². The number of amides is 2. The number of nitriles is 1. The molecule has 2 amide bonds. The highest BCUT2D eigenvalue weighted by Crippen LogP contribution is 2.32. The third-order valence-corrected chi connectivity index (χ3v) is 4.69. The summed E-state index contributed by atoms with van der Waals surface area (Å²) in [7, 11) is -1.52. The normalized spacial score (nSPS) is 28.1. The molecule has 2 aliphatic rings. The topological polar surface area (TPSA) is 111 Å². The van der Waals surface area contributed by atoms with Gasteiger partial charge in [-0.1, -0.05) is 0 Å². The first-order valence-corrected chi connectivity index (χ1v) is 7.21. The van der Waals surface area contributed by atoms with Crippen LogP contribution in [-0.4, -0.2) is 61.4 Å². The SMILES string of the molecule is N#CC[S@@](=O)[C@@H]1CC[C@@H]2CN1C(=O)N2O[C@H](F)C(=O)O. The van der Waals surface area contributed by atoms with Crippen molar-refractivity contribution in [2.45, 2.75) is 30.6 Å². The van der Waals surface area contributed by atoms with Crippen molar-refractivity contribution in [1.29, 1.82) is 5.26 Å². The number of hydrogen-bond donors (Lipinski definition) is 1. The van der Waals surface area contributed by atoms with Gasteiger partial charge in [0.1, 0.15) is 11.1 Å². The Morgan fingerprint density at radius 3 is 2.95 bits per heavy atom. The van der Waals surface area contributed by atoms with Crippen LogP contribution in [-0.2, 0) is 20.4 Å². The summed E-state index contributed by atoms with van der Waals surface area (Å²) in [6.45, 7) is 0.188. The van der Waals surface area contributed by atoms with Crippen LogP contribution < -0.4 is 0 Å². The predicted octanol–water partition coefficient (Wildman–Crippen LogP) is -0.203. The fraction of sp³-hybridized carbons (Fsp3) is 0.700. The van der Waals surface area contributed by atoms with Crippen molar-refractivity contribution >= 4 is 22.8 Å². The standard InChI is InChI=1S/C10H12FN3O5S/c11-8(9(15)16)19-14-6-1-2-7(20(18)4-3-12)13(5-6)10(14)17/h6-8H,1-2,4-5H2,(H,15,16)/t6-,7-,8+,20-/m1/s1. The van der Waals surface area contributed by atoms with E-state index in [1.807, 2.05) is 0 Å². The molecule has 2 saturated heterocycles. The van der Waals surface area contributed by atoms with Crippen LogP contribution in [0.15, 0.2) is 0 Å². The molecule has 0 saturated carbocycles. The molecule has 2 heterocycles. The first-order valence-electron chi connectivity index (χ1n) is 5.83. The Balaban J connectivity index is 2.08. The van der Waals surface area contributed by atoms with Gasteiger partial charge < -0.3 is 10.0 Å². The van der Waals surface area contributed by atoms with E-state index in [0.717, 1.165) is 0 Å². The van der Waals surface area contributed by atoms with E-state index in [9.17, 15) is 18.2 Å². The van der Waals surface area contributed by atoms with Gasteiger partial charge in [-0.05, 0) is 12.8 Å². The number of aliphatic carboxylic acids is 1. The molecule has 0 spiro atoms. The van der Waals surface area contributed by atoms with Gasteiger partial charge in [-0.2, -0.15) is 10.3 Å². The highest BCUT2D eigenvalue weighted by atomic mass is 32.2. The number of rotatable bonds is 5. The molecule has 10 heteroatoms. The largest absolute Gasteiger partial charge is 0.477 e. The molecule has 20 heavy (non-hydrogen) atoms. The van der Waals surface area contributed by atoms with E-state index in [1.165, 1.54) is 4.90 Å². The number of carboxylic acids is 1. The molecule has 2 fully saturated rings. The van der Waals surface area contributed by atoms with E-state index in [-0.39, 0.29) is 12.3 Å². The molecule has 2 aliphatic heterocycles. The molecule has 1 N–H and O–H groups in total. The van der Waals surface area contributed by atoms with Crippen LogP contribution in [0.25, 0.3) is 0 Å². The number of piperidine rings is 1. The van der Waals surface area contributed by atoms with Crippen LogP contribution in [0, 0.1) is 11.3 Å². The summed E-state index contributed by atoms with van der Waals surface area (Å²) >= 11 is 0. The van der Waals surface area contributed by atoms with Gasteiger partial charge in [-0.25, -0.2) is 18.8 Å². The molecule has 0 radical (unpaired) electrons. The van der Waals surface area contributed by atoms with Crippen molar-refractivity contribution in [2.24, 2.45) is 0 Å². The van der Waals surface area contributed by atoms with Gasteiger partial charge in [-0.15, -0.1) is 0 Å². The molecule has 0 unspecified atom stereocenters. The van der Waals surface area contributed by atoms with E-state index >= 15 is 0 Å². The molecule has 8 nitrogen and oxygen atoms in total. The second-order valence-corrected chi connectivity index (χ2v) is 5.98. The van der Waals surface area contributed by atoms with Crippen LogP contribution in [0.3, 0.4) is 0 Å². The molecule has 0 aliphatic carbocycles. The first-order chi connectivity index (χ1) is 9.45. The Morgan fingerprint density at radius 2 is 2.35 bits per heavy atom. The van der Waals surface area contributed by atoms with Crippen LogP contribution in [0.2, 0.25) is 0 Å². The highest BCUT2D eigenvalue weighted by Gasteiger charge is 2.48.